The van der Waals surface area contributed by atoms with Gasteiger partial charge in [-0.2, -0.15) is 0 Å². The molecule has 0 radical (unpaired) electrons. The van der Waals surface area contributed by atoms with E-state index in [1.54, 1.807) is 11.0 Å². The zero-order chi connectivity index (χ0) is 12.8. The lowest BCUT2D eigenvalue weighted by atomic mass is 10.0. The molecule has 0 aromatic carbocycles. The van der Waals surface area contributed by atoms with Gasteiger partial charge in [0.2, 0.25) is 5.91 Å². The third kappa shape index (κ3) is 3.51. The Balaban J connectivity index is 2.78. The van der Waals surface area contributed by atoms with Crippen LogP contribution in [0.2, 0.25) is 0 Å². The summed E-state index contributed by atoms with van der Waals surface area (Å²) in [6.07, 6.45) is 1.64. The van der Waals surface area contributed by atoms with E-state index in [1.807, 2.05) is 0 Å². The van der Waals surface area contributed by atoms with Crippen LogP contribution in [0.25, 0.3) is 0 Å². The van der Waals surface area contributed by atoms with Crippen molar-refractivity contribution in [2.24, 2.45) is 5.92 Å². The number of ether oxygens (including phenoxy) is 2. The average molecular weight is 275 g/mol. The van der Waals surface area contributed by atoms with Gasteiger partial charge in [0, 0.05) is 26.5 Å². The van der Waals surface area contributed by atoms with Gasteiger partial charge in [0.15, 0.2) is 6.29 Å². The number of rotatable bonds is 6. The lowest BCUT2D eigenvalue weighted by Crippen LogP contribution is -2.42. The fourth-order valence-corrected chi connectivity index (χ4v) is 2.94. The third-order valence-corrected chi connectivity index (χ3v) is 3.99. The SMILES string of the molecule is C=CC[C@@H](C(=O)N1CCSC1=S)C(OC)OC. The zero-order valence-corrected chi connectivity index (χ0v) is 11.7. The summed E-state index contributed by atoms with van der Waals surface area (Å²) in [6, 6.07) is 0. The van der Waals surface area contributed by atoms with Crippen molar-refractivity contribution < 1.29 is 14.3 Å². The van der Waals surface area contributed by atoms with Crippen molar-refractivity contribution in [3.05, 3.63) is 12.7 Å². The van der Waals surface area contributed by atoms with Crippen LogP contribution in [0.1, 0.15) is 6.42 Å². The standard InChI is InChI=1S/C11H17NO3S2/c1-4-5-8(10(14-2)15-3)9(13)12-6-7-17-11(12)16/h4,8,10H,1,5-7H2,2-3H3/t8-/m0/s1. The third-order valence-electron chi connectivity index (χ3n) is 2.56. The monoisotopic (exact) mass is 275 g/mol. The number of nitrogens with zero attached hydrogens (tertiary/aromatic N) is 1. The van der Waals surface area contributed by atoms with Gasteiger partial charge in [0.1, 0.15) is 4.32 Å². The highest BCUT2D eigenvalue weighted by molar-refractivity contribution is 8.23. The van der Waals surface area contributed by atoms with Crippen LogP contribution in [0.3, 0.4) is 0 Å². The maximum Gasteiger partial charge on any atom is 0.236 e. The van der Waals surface area contributed by atoms with Crippen molar-refractivity contribution in [1.29, 1.82) is 0 Å². The minimum absolute atomic E-state index is 0.0476. The number of carbonyl (C=O) groups excluding carboxylic acids is 1. The number of methoxy groups -OCH3 is 2. The smallest absolute Gasteiger partial charge is 0.236 e. The van der Waals surface area contributed by atoms with Gasteiger partial charge in [-0.15, -0.1) is 6.58 Å². The van der Waals surface area contributed by atoms with Gasteiger partial charge in [-0.25, -0.2) is 0 Å². The summed E-state index contributed by atoms with van der Waals surface area (Å²) in [6.45, 7) is 4.32. The Kier molecular flexibility index (Phi) is 6.11. The molecular weight excluding hydrogens is 258 g/mol. The van der Waals surface area contributed by atoms with Gasteiger partial charge < -0.3 is 9.47 Å². The van der Waals surface area contributed by atoms with E-state index in [2.05, 4.69) is 6.58 Å². The first-order valence-corrected chi connectivity index (χ1v) is 6.69. The second-order valence-corrected chi connectivity index (χ2v) is 5.30. The molecule has 1 amide bonds. The van der Waals surface area contributed by atoms with Gasteiger partial charge in [0.25, 0.3) is 0 Å². The molecule has 96 valence electrons. The van der Waals surface area contributed by atoms with E-state index in [9.17, 15) is 4.79 Å². The molecule has 1 saturated heterocycles. The zero-order valence-electron chi connectivity index (χ0n) is 10.0. The Hall–Kier alpha value is -0.430. The molecule has 0 aliphatic carbocycles. The normalized spacial score (nSPS) is 17.6. The highest BCUT2D eigenvalue weighted by atomic mass is 32.2. The van der Waals surface area contributed by atoms with Crippen molar-refractivity contribution in [2.75, 3.05) is 26.5 Å². The van der Waals surface area contributed by atoms with Crippen molar-refractivity contribution in [3.63, 3.8) is 0 Å². The average Bonchev–Trinajstić information content (AvgIpc) is 2.75. The molecule has 0 saturated carbocycles. The number of amides is 1. The van der Waals surface area contributed by atoms with Crippen LogP contribution in [-0.4, -0.2) is 47.9 Å². The molecule has 0 aromatic heterocycles. The fraction of sp³-hybridized carbons (Fsp3) is 0.636. The Bertz CT molecular complexity index is 305. The predicted molar refractivity (Wildman–Crippen MR) is 72.9 cm³/mol. The molecule has 6 heteroatoms. The molecule has 0 aromatic rings. The molecule has 17 heavy (non-hydrogen) atoms. The maximum absolute atomic E-state index is 12.3. The van der Waals surface area contributed by atoms with E-state index in [-0.39, 0.29) is 11.8 Å². The van der Waals surface area contributed by atoms with Crippen molar-refractivity contribution in [1.82, 2.24) is 4.90 Å². The Morgan fingerprint density at radius 2 is 2.29 bits per heavy atom. The van der Waals surface area contributed by atoms with Crippen molar-refractivity contribution in [3.8, 4) is 0 Å². The number of allylic oxidation sites excluding steroid dienone is 1. The van der Waals surface area contributed by atoms with E-state index in [1.165, 1.54) is 26.0 Å². The van der Waals surface area contributed by atoms with Gasteiger partial charge in [0.05, 0.1) is 5.92 Å². The molecule has 1 fully saturated rings. The number of hydrogen-bond donors (Lipinski definition) is 0. The molecule has 0 bridgehead atoms. The molecule has 1 aliphatic heterocycles. The maximum atomic E-state index is 12.3. The molecule has 1 aliphatic rings. The molecule has 0 spiro atoms. The highest BCUT2D eigenvalue weighted by Gasteiger charge is 2.34. The lowest BCUT2D eigenvalue weighted by Gasteiger charge is -2.26. The summed E-state index contributed by atoms with van der Waals surface area (Å²) >= 11 is 6.66. The first-order chi connectivity index (χ1) is 8.15. The Labute approximate surface area is 111 Å². The number of hydrogen-bond acceptors (Lipinski definition) is 5. The second-order valence-electron chi connectivity index (χ2n) is 3.57. The molecule has 1 rings (SSSR count). The fourth-order valence-electron chi connectivity index (χ4n) is 1.73. The van der Waals surface area contributed by atoms with Gasteiger partial charge >= 0.3 is 0 Å². The second kappa shape index (κ2) is 7.10. The van der Waals surface area contributed by atoms with Crippen molar-refractivity contribution >= 4 is 34.2 Å². The van der Waals surface area contributed by atoms with Crippen LogP contribution in [0.4, 0.5) is 0 Å². The predicted octanol–water partition coefficient (Wildman–Crippen LogP) is 1.66. The molecule has 1 heterocycles. The summed E-state index contributed by atoms with van der Waals surface area (Å²) in [7, 11) is 3.04. The largest absolute Gasteiger partial charge is 0.355 e. The molecule has 1 atom stereocenters. The van der Waals surface area contributed by atoms with Crippen LogP contribution >= 0.6 is 24.0 Å². The quantitative estimate of drug-likeness (QED) is 0.419. The van der Waals surface area contributed by atoms with Crippen LogP contribution < -0.4 is 0 Å². The first kappa shape index (κ1) is 14.6. The Morgan fingerprint density at radius 1 is 1.65 bits per heavy atom. The summed E-state index contributed by atoms with van der Waals surface area (Å²) in [5, 5.41) is 0. The van der Waals surface area contributed by atoms with Gasteiger partial charge in [-0.05, 0) is 6.42 Å². The van der Waals surface area contributed by atoms with Crippen LogP contribution in [0.5, 0.6) is 0 Å². The summed E-state index contributed by atoms with van der Waals surface area (Å²) in [5.74, 6) is 0.420. The molecular formula is C11H17NO3S2. The number of carbonyl (C=O) groups is 1. The van der Waals surface area contributed by atoms with E-state index in [0.717, 1.165) is 5.75 Å². The lowest BCUT2D eigenvalue weighted by molar-refractivity contribution is -0.162. The summed E-state index contributed by atoms with van der Waals surface area (Å²) in [4.78, 5) is 13.9. The minimum atomic E-state index is -0.561. The highest BCUT2D eigenvalue weighted by Crippen LogP contribution is 2.24. The van der Waals surface area contributed by atoms with E-state index >= 15 is 0 Å². The minimum Gasteiger partial charge on any atom is -0.355 e. The van der Waals surface area contributed by atoms with Crippen LogP contribution in [0, 0.1) is 5.92 Å². The van der Waals surface area contributed by atoms with E-state index in [4.69, 9.17) is 21.7 Å². The van der Waals surface area contributed by atoms with E-state index in [0.29, 0.717) is 17.3 Å². The summed E-state index contributed by atoms with van der Waals surface area (Å²) in [5.41, 5.74) is 0. The molecule has 0 unspecified atom stereocenters. The summed E-state index contributed by atoms with van der Waals surface area (Å²) < 4.78 is 11.0. The first-order valence-electron chi connectivity index (χ1n) is 5.30. The molecule has 0 N–H and O–H groups in total. The van der Waals surface area contributed by atoms with Gasteiger partial charge in [-0.3, -0.25) is 9.69 Å². The van der Waals surface area contributed by atoms with Crippen molar-refractivity contribution in [2.45, 2.75) is 12.7 Å². The van der Waals surface area contributed by atoms with E-state index < -0.39 is 6.29 Å². The van der Waals surface area contributed by atoms with Gasteiger partial charge in [-0.1, -0.05) is 30.1 Å². The Morgan fingerprint density at radius 3 is 2.71 bits per heavy atom. The van der Waals surface area contributed by atoms with Crippen LogP contribution in [0.15, 0.2) is 12.7 Å². The number of thiocarbonyl (C=S) groups is 1. The molecule has 4 nitrogen and oxygen atoms in total. The number of thioether (sulfide) groups is 1. The van der Waals surface area contributed by atoms with Crippen LogP contribution in [-0.2, 0) is 14.3 Å². The topological polar surface area (TPSA) is 38.8 Å².